The first-order chi connectivity index (χ1) is 11.8. The maximum Gasteiger partial charge on any atom is 0.333 e. The van der Waals surface area contributed by atoms with Crippen molar-refractivity contribution in [1.29, 1.82) is 0 Å². The predicted molar refractivity (Wildman–Crippen MR) is 105 cm³/mol. The van der Waals surface area contributed by atoms with E-state index >= 15 is 0 Å². The average Bonchev–Trinajstić information content (AvgIpc) is 2.53. The minimum absolute atomic E-state index is 0.00869. The topological polar surface area (TPSA) is 26.3 Å². The lowest BCUT2D eigenvalue weighted by Gasteiger charge is -2.09. The van der Waals surface area contributed by atoms with Gasteiger partial charge in [-0.05, 0) is 19.8 Å². The third-order valence-corrected chi connectivity index (χ3v) is 4.84. The molecule has 0 aromatic rings. The number of carbonyl (C=O) groups is 1. The molecular weight excluding hydrogens is 338 g/mol. The largest absolute Gasteiger partial charge is 0.462 e. The molecule has 0 spiro atoms. The van der Waals surface area contributed by atoms with Crippen LogP contribution in [0.25, 0.3) is 0 Å². The van der Waals surface area contributed by atoms with Crippen LogP contribution in [0.3, 0.4) is 0 Å². The summed E-state index contributed by atoms with van der Waals surface area (Å²) in [5.41, 5.74) is -1.89. The summed E-state index contributed by atoms with van der Waals surface area (Å²) < 4.78 is 30.4. The van der Waals surface area contributed by atoms with E-state index < -0.39 is 5.55 Å². The Morgan fingerprint density at radius 3 is 1.56 bits per heavy atom. The minimum Gasteiger partial charge on any atom is -0.462 e. The Hall–Kier alpha value is -0.713. The number of halogens is 2. The summed E-state index contributed by atoms with van der Waals surface area (Å²) in [6, 6.07) is 0. The number of alkyl halides is 2. The van der Waals surface area contributed by atoms with E-state index in [1.807, 2.05) is 0 Å². The molecule has 0 rings (SSSR count). The molecule has 2 nitrogen and oxygen atoms in total. The van der Waals surface area contributed by atoms with Crippen LogP contribution in [0.2, 0.25) is 0 Å². The van der Waals surface area contributed by atoms with Gasteiger partial charge in [0.25, 0.3) is 0 Å². The predicted octanol–water partition coefficient (Wildman–Crippen LogP) is 5.53. The van der Waals surface area contributed by atoms with Crippen molar-refractivity contribution in [2.24, 2.45) is 0 Å². The number of carbonyl (C=O) groups excluding carboxylic acids is 1. The highest BCUT2D eigenvalue weighted by Gasteiger charge is 2.18. The van der Waals surface area contributed by atoms with Crippen molar-refractivity contribution in [1.82, 2.24) is 0 Å². The number of hydrogen-bond donors (Lipinski definition) is 0. The Kier molecular flexibility index (Phi) is 15.1. The zero-order valence-electron chi connectivity index (χ0n) is 16.4. The van der Waals surface area contributed by atoms with Gasteiger partial charge in [-0.25, -0.2) is 13.6 Å². The molecule has 0 fully saturated rings. The molecule has 148 valence electrons. The lowest BCUT2D eigenvalue weighted by Crippen LogP contribution is -2.14. The van der Waals surface area contributed by atoms with E-state index in [1.165, 1.54) is 51.4 Å². The normalized spacial score (nSPS) is 11.6. The molecule has 0 amide bonds. The van der Waals surface area contributed by atoms with Crippen LogP contribution >= 0.6 is 0 Å². The highest BCUT2D eigenvalue weighted by molar-refractivity contribution is 6.13. The van der Waals surface area contributed by atoms with Crippen LogP contribution < -0.4 is 0 Å². The maximum atomic E-state index is 12.7. The second kappa shape index (κ2) is 15.5. The second-order valence-electron chi connectivity index (χ2n) is 7.33. The first kappa shape index (κ1) is 24.3. The molecule has 0 aliphatic heterocycles. The van der Waals surface area contributed by atoms with Crippen molar-refractivity contribution in [3.05, 3.63) is 12.2 Å². The van der Waals surface area contributed by atoms with Gasteiger partial charge in [0.15, 0.2) is 0 Å². The Labute approximate surface area is 156 Å². The quantitative estimate of drug-likeness (QED) is 0.144. The molecule has 0 saturated heterocycles. The summed E-state index contributed by atoms with van der Waals surface area (Å²) in [5, 5.41) is 0. The summed E-state index contributed by atoms with van der Waals surface area (Å²) >= 11 is 0. The van der Waals surface area contributed by atoms with Crippen LogP contribution in [-0.4, -0.2) is 28.4 Å². The zero-order chi connectivity index (χ0) is 19.0. The van der Waals surface area contributed by atoms with Crippen molar-refractivity contribution in [2.45, 2.75) is 102 Å². The molecule has 0 heterocycles. The number of rotatable bonds is 17. The van der Waals surface area contributed by atoms with Crippen molar-refractivity contribution in [3.63, 3.8) is 0 Å². The lowest BCUT2D eigenvalue weighted by molar-refractivity contribution is -0.139. The van der Waals surface area contributed by atoms with Gasteiger partial charge < -0.3 is 4.74 Å². The van der Waals surface area contributed by atoms with Crippen molar-refractivity contribution in [2.75, 3.05) is 6.61 Å². The molecule has 0 saturated carbocycles. The Morgan fingerprint density at radius 2 is 1.20 bits per heavy atom. The second-order valence-corrected chi connectivity index (χ2v) is 8.80. The molecule has 0 aromatic carbocycles. The summed E-state index contributed by atoms with van der Waals surface area (Å²) in [5.74, 6) is -0.287. The van der Waals surface area contributed by atoms with E-state index in [0.717, 1.165) is 25.7 Å². The number of esters is 1. The van der Waals surface area contributed by atoms with E-state index in [1.54, 1.807) is 6.92 Å². The maximum absolute atomic E-state index is 12.7. The standard InChI is InChI=1S/C20H38F2O2Si/c1-18(2)19(23)24-17-15-13-11-9-7-5-3-4-6-8-10-12-14-16-20(21,22)25/h1,3-17H2,2,25H3. The molecule has 0 atom stereocenters. The highest BCUT2D eigenvalue weighted by Crippen LogP contribution is 2.18. The van der Waals surface area contributed by atoms with Crippen LogP contribution in [0.1, 0.15) is 96.8 Å². The Bertz CT molecular complexity index is 354. The fourth-order valence-electron chi connectivity index (χ4n) is 2.77. The van der Waals surface area contributed by atoms with Gasteiger partial charge in [0.1, 0.15) is 0 Å². The smallest absolute Gasteiger partial charge is 0.333 e. The molecule has 0 bridgehead atoms. The summed E-state index contributed by atoms with van der Waals surface area (Å²) in [6.45, 7) is 5.72. The van der Waals surface area contributed by atoms with Crippen LogP contribution in [0.5, 0.6) is 0 Å². The van der Waals surface area contributed by atoms with Crippen molar-refractivity contribution >= 4 is 16.2 Å². The Morgan fingerprint density at radius 1 is 0.840 bits per heavy atom. The van der Waals surface area contributed by atoms with Gasteiger partial charge in [0, 0.05) is 12.0 Å². The number of ether oxygens (including phenoxy) is 1. The summed E-state index contributed by atoms with van der Waals surface area (Å²) in [4.78, 5) is 11.2. The van der Waals surface area contributed by atoms with Gasteiger partial charge in [-0.15, -0.1) is 0 Å². The molecule has 25 heavy (non-hydrogen) atoms. The van der Waals surface area contributed by atoms with Crippen molar-refractivity contribution < 1.29 is 18.3 Å². The third kappa shape index (κ3) is 19.5. The molecular formula is C20H38F2O2Si. The van der Waals surface area contributed by atoms with Gasteiger partial charge in [-0.2, -0.15) is 0 Å². The Balaban J connectivity index is 3.12. The van der Waals surface area contributed by atoms with Crippen LogP contribution in [0, 0.1) is 0 Å². The van der Waals surface area contributed by atoms with Gasteiger partial charge >= 0.3 is 5.97 Å². The van der Waals surface area contributed by atoms with Gasteiger partial charge in [0.05, 0.1) is 16.8 Å². The number of hydrogen-bond acceptors (Lipinski definition) is 2. The molecule has 0 radical (unpaired) electrons. The summed E-state index contributed by atoms with van der Waals surface area (Å²) in [7, 11) is -0.00869. The zero-order valence-corrected chi connectivity index (χ0v) is 18.4. The van der Waals surface area contributed by atoms with E-state index in [4.69, 9.17) is 4.74 Å². The minimum atomic E-state index is -2.35. The SMILES string of the molecule is C=C(C)C(=O)OCCCCCCCCCCCCCCCC(F)(F)[SiH3]. The first-order valence-corrected chi connectivity index (χ1v) is 11.0. The van der Waals surface area contributed by atoms with Crippen LogP contribution in [0.4, 0.5) is 8.78 Å². The third-order valence-electron chi connectivity index (χ3n) is 4.34. The van der Waals surface area contributed by atoms with Crippen LogP contribution in [-0.2, 0) is 9.53 Å². The van der Waals surface area contributed by atoms with E-state index in [9.17, 15) is 13.6 Å². The summed E-state index contributed by atoms with van der Waals surface area (Å²) in [6.07, 6.45) is 14.9. The van der Waals surface area contributed by atoms with Gasteiger partial charge in [-0.3, -0.25) is 0 Å². The average molecular weight is 377 g/mol. The fourth-order valence-corrected chi connectivity index (χ4v) is 3.12. The molecule has 0 N–H and O–H groups in total. The van der Waals surface area contributed by atoms with E-state index in [0.29, 0.717) is 18.6 Å². The number of unbranched alkanes of at least 4 members (excludes halogenated alkanes) is 12. The molecule has 0 unspecified atom stereocenters. The monoisotopic (exact) mass is 376 g/mol. The lowest BCUT2D eigenvalue weighted by atomic mass is 10.0. The first-order valence-electron chi connectivity index (χ1n) is 10.0. The van der Waals surface area contributed by atoms with Gasteiger partial charge in [-0.1, -0.05) is 77.2 Å². The molecule has 0 aliphatic rings. The highest BCUT2D eigenvalue weighted by atomic mass is 28.1. The van der Waals surface area contributed by atoms with Crippen LogP contribution in [0.15, 0.2) is 12.2 Å². The molecule has 0 aliphatic carbocycles. The van der Waals surface area contributed by atoms with Gasteiger partial charge in [0.2, 0.25) is 5.55 Å². The van der Waals surface area contributed by atoms with E-state index in [-0.39, 0.29) is 22.6 Å². The van der Waals surface area contributed by atoms with Crippen molar-refractivity contribution in [3.8, 4) is 0 Å². The van der Waals surface area contributed by atoms with E-state index in [2.05, 4.69) is 6.58 Å². The molecule has 5 heteroatoms. The molecule has 0 aromatic heterocycles. The fraction of sp³-hybridized carbons (Fsp3) is 0.850.